The van der Waals surface area contributed by atoms with E-state index in [0.717, 1.165) is 5.70 Å². The molecule has 2 nitrogen and oxygen atoms in total. The zero-order valence-electron chi connectivity index (χ0n) is 12.9. The fourth-order valence-electron chi connectivity index (χ4n) is 2.39. The van der Waals surface area contributed by atoms with Gasteiger partial charge in [-0.25, -0.2) is 0 Å². The summed E-state index contributed by atoms with van der Waals surface area (Å²) in [4.78, 5) is 0. The van der Waals surface area contributed by atoms with E-state index >= 15 is 0 Å². The van der Waals surface area contributed by atoms with Crippen molar-refractivity contribution in [3.05, 3.63) is 47.7 Å². The summed E-state index contributed by atoms with van der Waals surface area (Å²) in [6.07, 6.45) is 2.25. The number of azo groups is 1. The van der Waals surface area contributed by atoms with E-state index in [9.17, 15) is 0 Å². The van der Waals surface area contributed by atoms with Crippen molar-refractivity contribution in [1.29, 1.82) is 0 Å². The average Bonchev–Trinajstić information content (AvgIpc) is 2.75. The Bertz CT molecular complexity index is 512. The van der Waals surface area contributed by atoms with Crippen molar-refractivity contribution in [3.8, 4) is 0 Å². The summed E-state index contributed by atoms with van der Waals surface area (Å²) in [6.45, 7) is 13.2. The zero-order valence-corrected chi connectivity index (χ0v) is 12.9. The first kappa shape index (κ1) is 14.0. The monoisotopic (exact) mass is 256 g/mol. The predicted octanol–water partition coefficient (Wildman–Crippen LogP) is 5.32. The van der Waals surface area contributed by atoms with E-state index in [1.807, 2.05) is 6.07 Å². The maximum atomic E-state index is 4.69. The molecule has 0 aromatic heterocycles. The first-order valence-corrected chi connectivity index (χ1v) is 6.89. The molecule has 0 aliphatic carbocycles. The number of rotatable bonds is 1. The third-order valence-electron chi connectivity index (χ3n) is 3.79. The van der Waals surface area contributed by atoms with Crippen molar-refractivity contribution in [2.45, 2.75) is 47.1 Å². The molecule has 1 heterocycles. The van der Waals surface area contributed by atoms with E-state index in [-0.39, 0.29) is 16.4 Å². The summed E-state index contributed by atoms with van der Waals surface area (Å²) in [5.74, 6) is 0. The molecule has 102 valence electrons. The molecule has 1 aliphatic heterocycles. The van der Waals surface area contributed by atoms with Crippen LogP contribution in [0.5, 0.6) is 0 Å². The third-order valence-corrected chi connectivity index (χ3v) is 3.79. The van der Waals surface area contributed by atoms with Crippen molar-refractivity contribution < 1.29 is 0 Å². The lowest BCUT2D eigenvalue weighted by atomic mass is 9.69. The summed E-state index contributed by atoms with van der Waals surface area (Å²) in [5, 5.41) is 9.18. The topological polar surface area (TPSA) is 24.7 Å². The Morgan fingerprint density at radius 1 is 0.895 bits per heavy atom. The first-order valence-electron chi connectivity index (χ1n) is 6.89. The molecule has 0 spiro atoms. The Kier molecular flexibility index (Phi) is 3.16. The lowest BCUT2D eigenvalue weighted by Crippen LogP contribution is -2.35. The molecule has 0 N–H and O–H groups in total. The Balaban J connectivity index is 2.59. The van der Waals surface area contributed by atoms with Crippen molar-refractivity contribution in [2.75, 3.05) is 0 Å². The summed E-state index contributed by atoms with van der Waals surface area (Å²) in [7, 11) is 0. The van der Waals surface area contributed by atoms with Gasteiger partial charge in [0.15, 0.2) is 0 Å². The summed E-state index contributed by atoms with van der Waals surface area (Å²) in [6, 6.07) is 10.5. The minimum absolute atomic E-state index is 0.00907. The lowest BCUT2D eigenvalue weighted by Gasteiger charge is -2.37. The van der Waals surface area contributed by atoms with E-state index in [0.29, 0.717) is 0 Å². The van der Waals surface area contributed by atoms with Crippen molar-refractivity contribution in [1.82, 2.24) is 0 Å². The van der Waals surface area contributed by atoms with Gasteiger partial charge in [-0.15, -0.1) is 0 Å². The molecule has 1 aliphatic rings. The normalized spacial score (nSPS) is 23.6. The van der Waals surface area contributed by atoms with Gasteiger partial charge >= 0.3 is 0 Å². The van der Waals surface area contributed by atoms with Gasteiger partial charge in [0, 0.05) is 5.41 Å². The van der Waals surface area contributed by atoms with Crippen LogP contribution in [-0.2, 0) is 5.54 Å². The standard InChI is InChI=1S/C17H24N2/c1-15(2,3)14-12-17(19-18-14,16(4,5)6)13-10-8-7-9-11-13/h7-12H,1-6H3. The van der Waals surface area contributed by atoms with Crippen LogP contribution in [0.4, 0.5) is 0 Å². The number of nitrogens with zero attached hydrogens (tertiary/aromatic N) is 2. The molecule has 0 saturated heterocycles. The van der Waals surface area contributed by atoms with Crippen LogP contribution in [0.3, 0.4) is 0 Å². The maximum Gasteiger partial charge on any atom is 0.132 e. The van der Waals surface area contributed by atoms with Gasteiger partial charge in [-0.1, -0.05) is 71.9 Å². The molecule has 19 heavy (non-hydrogen) atoms. The van der Waals surface area contributed by atoms with Crippen LogP contribution in [0.15, 0.2) is 52.3 Å². The third kappa shape index (κ3) is 2.36. The maximum absolute atomic E-state index is 4.69. The predicted molar refractivity (Wildman–Crippen MR) is 80.0 cm³/mol. The van der Waals surface area contributed by atoms with Crippen molar-refractivity contribution in [2.24, 2.45) is 21.1 Å². The summed E-state index contributed by atoms with van der Waals surface area (Å²) in [5.41, 5.74) is 1.96. The second-order valence-corrected chi connectivity index (χ2v) is 7.36. The molecule has 1 unspecified atom stereocenters. The fourth-order valence-corrected chi connectivity index (χ4v) is 2.39. The van der Waals surface area contributed by atoms with Gasteiger partial charge in [0.05, 0.1) is 5.70 Å². The SMILES string of the molecule is CC(C)(C)C1=CC(c2ccccc2)(C(C)(C)C)N=N1. The summed E-state index contributed by atoms with van der Waals surface area (Å²) >= 11 is 0. The molecule has 0 radical (unpaired) electrons. The molecule has 1 aromatic rings. The Labute approximate surface area is 116 Å². The van der Waals surface area contributed by atoms with Crippen LogP contribution < -0.4 is 0 Å². The van der Waals surface area contributed by atoms with Gasteiger partial charge in [0.1, 0.15) is 5.54 Å². The minimum atomic E-state index is -0.350. The van der Waals surface area contributed by atoms with Gasteiger partial charge in [0.25, 0.3) is 0 Å². The van der Waals surface area contributed by atoms with Crippen LogP contribution in [-0.4, -0.2) is 0 Å². The Morgan fingerprint density at radius 3 is 1.89 bits per heavy atom. The van der Waals surface area contributed by atoms with E-state index < -0.39 is 0 Å². The Hall–Kier alpha value is -1.44. The Morgan fingerprint density at radius 2 is 1.47 bits per heavy atom. The van der Waals surface area contributed by atoms with Crippen LogP contribution in [0.25, 0.3) is 0 Å². The fraction of sp³-hybridized carbons (Fsp3) is 0.529. The lowest BCUT2D eigenvalue weighted by molar-refractivity contribution is 0.244. The molecule has 0 bridgehead atoms. The minimum Gasteiger partial charge on any atom is -0.172 e. The highest BCUT2D eigenvalue weighted by Gasteiger charge is 2.46. The summed E-state index contributed by atoms with van der Waals surface area (Å²) < 4.78 is 0. The molecule has 0 amide bonds. The van der Waals surface area contributed by atoms with Gasteiger partial charge < -0.3 is 0 Å². The van der Waals surface area contributed by atoms with Crippen LogP contribution in [0.2, 0.25) is 0 Å². The molecule has 2 rings (SSSR count). The number of allylic oxidation sites excluding steroid dienone is 1. The zero-order chi connectivity index (χ0) is 14.3. The van der Waals surface area contributed by atoms with Gasteiger partial charge in [0.2, 0.25) is 0 Å². The molecule has 2 heteroatoms. The molecule has 1 aromatic carbocycles. The molecular weight excluding hydrogens is 232 g/mol. The molecule has 1 atom stereocenters. The van der Waals surface area contributed by atoms with Crippen LogP contribution in [0, 0.1) is 10.8 Å². The van der Waals surface area contributed by atoms with E-state index in [4.69, 9.17) is 0 Å². The number of hydrogen-bond donors (Lipinski definition) is 0. The molecule has 0 saturated carbocycles. The highest BCUT2D eigenvalue weighted by Crippen LogP contribution is 2.50. The van der Waals surface area contributed by atoms with Crippen LogP contribution in [0.1, 0.15) is 47.1 Å². The highest BCUT2D eigenvalue weighted by atomic mass is 15.2. The smallest absolute Gasteiger partial charge is 0.132 e. The highest BCUT2D eigenvalue weighted by molar-refractivity contribution is 5.37. The average molecular weight is 256 g/mol. The second kappa shape index (κ2) is 4.29. The van der Waals surface area contributed by atoms with Gasteiger partial charge in [-0.05, 0) is 17.1 Å². The van der Waals surface area contributed by atoms with Crippen molar-refractivity contribution >= 4 is 0 Å². The first-order chi connectivity index (χ1) is 8.67. The second-order valence-electron chi connectivity index (χ2n) is 7.36. The van der Waals surface area contributed by atoms with Crippen LogP contribution >= 0.6 is 0 Å². The van der Waals surface area contributed by atoms with E-state index in [1.165, 1.54) is 5.56 Å². The number of hydrogen-bond acceptors (Lipinski definition) is 2. The molecular formula is C17H24N2. The molecule has 0 fully saturated rings. The van der Waals surface area contributed by atoms with E-state index in [1.54, 1.807) is 0 Å². The van der Waals surface area contributed by atoms with Gasteiger partial charge in [-0.3, -0.25) is 0 Å². The largest absolute Gasteiger partial charge is 0.172 e. The van der Waals surface area contributed by atoms with Crippen molar-refractivity contribution in [3.63, 3.8) is 0 Å². The van der Waals surface area contributed by atoms with Gasteiger partial charge in [-0.2, -0.15) is 10.2 Å². The van der Waals surface area contributed by atoms with E-state index in [2.05, 4.69) is 82.1 Å². The number of benzene rings is 1. The quantitative estimate of drug-likeness (QED) is 0.649.